The summed E-state index contributed by atoms with van der Waals surface area (Å²) in [6.07, 6.45) is 4.52. The van der Waals surface area contributed by atoms with Crippen LogP contribution in [0.2, 0.25) is 0 Å². The van der Waals surface area contributed by atoms with Crippen LogP contribution in [0.15, 0.2) is 54.6 Å². The number of amides is 1. The highest BCUT2D eigenvalue weighted by molar-refractivity contribution is 5.99. The van der Waals surface area contributed by atoms with Crippen LogP contribution < -0.4 is 10.6 Å². The number of carbonyl (C=O) groups excluding carboxylic acids is 1. The minimum atomic E-state index is -0.248. The van der Waals surface area contributed by atoms with Crippen molar-refractivity contribution in [2.45, 2.75) is 51.6 Å². The lowest BCUT2D eigenvalue weighted by Crippen LogP contribution is -2.32. The number of halogens is 1. The van der Waals surface area contributed by atoms with Crippen LogP contribution >= 0.6 is 0 Å². The lowest BCUT2D eigenvalue weighted by Gasteiger charge is -2.13. The summed E-state index contributed by atoms with van der Waals surface area (Å²) in [5.74, 6) is -0.260. The predicted octanol–water partition coefficient (Wildman–Crippen LogP) is 6.14. The van der Waals surface area contributed by atoms with Gasteiger partial charge >= 0.3 is 0 Å². The van der Waals surface area contributed by atoms with Crippen molar-refractivity contribution in [1.29, 1.82) is 0 Å². The van der Waals surface area contributed by atoms with E-state index < -0.39 is 0 Å². The van der Waals surface area contributed by atoms with Crippen molar-refractivity contribution >= 4 is 22.4 Å². The molecule has 2 N–H and O–H groups in total. The summed E-state index contributed by atoms with van der Waals surface area (Å²) in [7, 11) is 0. The van der Waals surface area contributed by atoms with E-state index in [1.54, 1.807) is 0 Å². The molecule has 1 saturated carbocycles. The molecule has 1 fully saturated rings. The predicted molar refractivity (Wildman–Crippen MR) is 118 cm³/mol. The summed E-state index contributed by atoms with van der Waals surface area (Å²) in [4.78, 5) is 12.5. The number of fused-ring (bicyclic) bond motifs is 1. The Morgan fingerprint density at radius 3 is 2.41 bits per heavy atom. The van der Waals surface area contributed by atoms with Crippen LogP contribution in [0.4, 0.5) is 10.1 Å². The first-order valence-corrected chi connectivity index (χ1v) is 10.4. The molecule has 3 aromatic rings. The third kappa shape index (κ3) is 4.42. The number of rotatable bonds is 5. The van der Waals surface area contributed by atoms with Gasteiger partial charge in [0.1, 0.15) is 5.82 Å². The molecule has 4 heteroatoms. The fourth-order valence-corrected chi connectivity index (χ4v) is 4.07. The van der Waals surface area contributed by atoms with Gasteiger partial charge in [-0.1, -0.05) is 31.0 Å². The highest BCUT2D eigenvalue weighted by Crippen LogP contribution is 2.29. The van der Waals surface area contributed by atoms with Crippen molar-refractivity contribution in [2.24, 2.45) is 0 Å². The number of anilines is 1. The van der Waals surface area contributed by atoms with Crippen molar-refractivity contribution in [2.75, 3.05) is 5.32 Å². The third-order valence-electron chi connectivity index (χ3n) is 5.53. The molecule has 3 nitrogen and oxygen atoms in total. The zero-order valence-corrected chi connectivity index (χ0v) is 17.0. The molecule has 0 aromatic heterocycles. The number of hydrogen-bond donors (Lipinski definition) is 2. The molecule has 1 aliphatic rings. The van der Waals surface area contributed by atoms with Crippen LogP contribution in [0.3, 0.4) is 0 Å². The van der Waals surface area contributed by atoms with Gasteiger partial charge in [-0.3, -0.25) is 4.79 Å². The van der Waals surface area contributed by atoms with Gasteiger partial charge in [0.05, 0.1) is 0 Å². The van der Waals surface area contributed by atoms with E-state index >= 15 is 0 Å². The fourth-order valence-electron chi connectivity index (χ4n) is 4.07. The zero-order valence-electron chi connectivity index (χ0n) is 17.0. The lowest BCUT2D eigenvalue weighted by atomic mass is 9.99. The monoisotopic (exact) mass is 390 g/mol. The normalized spacial score (nSPS) is 14.5. The maximum atomic E-state index is 14.7. The minimum absolute atomic E-state index is 0.0119. The quantitative estimate of drug-likeness (QED) is 0.549. The maximum absolute atomic E-state index is 14.7. The van der Waals surface area contributed by atoms with Crippen molar-refractivity contribution in [3.63, 3.8) is 0 Å². The van der Waals surface area contributed by atoms with Crippen LogP contribution in [0.1, 0.15) is 49.9 Å². The highest BCUT2D eigenvalue weighted by atomic mass is 19.1. The first kappa shape index (κ1) is 19.4. The average Bonchev–Trinajstić information content (AvgIpc) is 3.20. The van der Waals surface area contributed by atoms with Gasteiger partial charge in [-0.05, 0) is 79.4 Å². The van der Waals surface area contributed by atoms with Crippen LogP contribution in [0.5, 0.6) is 0 Å². The molecule has 0 aliphatic heterocycles. The summed E-state index contributed by atoms with van der Waals surface area (Å²) < 4.78 is 14.7. The van der Waals surface area contributed by atoms with Gasteiger partial charge in [-0.15, -0.1) is 0 Å². The smallest absolute Gasteiger partial charge is 0.251 e. The highest BCUT2D eigenvalue weighted by Gasteiger charge is 2.18. The molecule has 0 radical (unpaired) electrons. The molecule has 3 aromatic carbocycles. The Balaban J connectivity index is 1.57. The molecule has 1 aliphatic carbocycles. The number of carbonyl (C=O) groups is 1. The van der Waals surface area contributed by atoms with Crippen molar-refractivity contribution < 1.29 is 9.18 Å². The Labute approximate surface area is 171 Å². The molecular formula is C25H27FN2O. The molecule has 4 rings (SSSR count). The molecule has 0 atom stereocenters. The van der Waals surface area contributed by atoms with Crippen LogP contribution in [0, 0.1) is 5.82 Å². The number of hydrogen-bond acceptors (Lipinski definition) is 2. The van der Waals surface area contributed by atoms with E-state index in [1.165, 1.54) is 18.9 Å². The van der Waals surface area contributed by atoms with E-state index in [9.17, 15) is 9.18 Å². The van der Waals surface area contributed by atoms with Crippen LogP contribution in [-0.4, -0.2) is 18.0 Å². The molecule has 0 saturated heterocycles. The summed E-state index contributed by atoms with van der Waals surface area (Å²) in [6.45, 7) is 4.05. The molecule has 0 spiro atoms. The van der Waals surface area contributed by atoms with Crippen molar-refractivity contribution in [3.8, 4) is 11.1 Å². The molecular weight excluding hydrogens is 363 g/mol. The van der Waals surface area contributed by atoms with Crippen LogP contribution in [0.25, 0.3) is 21.9 Å². The van der Waals surface area contributed by atoms with E-state index in [2.05, 4.69) is 10.6 Å². The molecule has 0 bridgehead atoms. The number of nitrogens with one attached hydrogen (secondary N) is 2. The van der Waals surface area contributed by atoms with Crippen LogP contribution in [-0.2, 0) is 0 Å². The van der Waals surface area contributed by atoms with Crippen molar-refractivity contribution in [1.82, 2.24) is 5.32 Å². The van der Waals surface area contributed by atoms with Gasteiger partial charge < -0.3 is 10.6 Å². The molecule has 150 valence electrons. The Morgan fingerprint density at radius 1 is 0.966 bits per heavy atom. The second-order valence-electron chi connectivity index (χ2n) is 8.23. The topological polar surface area (TPSA) is 41.1 Å². The lowest BCUT2D eigenvalue weighted by molar-refractivity contribution is 0.0938. The SMILES string of the molecule is CC(C)Nc1ccc(-c2ccc3cc(C(=O)NC4CCCC4)ccc3c2)c(F)c1. The fraction of sp³-hybridized carbons (Fsp3) is 0.320. The second kappa shape index (κ2) is 8.24. The first-order valence-electron chi connectivity index (χ1n) is 10.4. The standard InChI is InChI=1S/C25H27FN2O/c1-16(2)27-22-11-12-23(24(26)15-22)19-9-7-18-14-20(10-8-17(18)13-19)25(29)28-21-5-3-4-6-21/h7-16,21,27H,3-6H2,1-2H3,(H,28,29). The van der Waals surface area contributed by atoms with Gasteiger partial charge in [0.2, 0.25) is 0 Å². The average molecular weight is 391 g/mol. The molecule has 0 unspecified atom stereocenters. The number of benzene rings is 3. The van der Waals surface area contributed by atoms with E-state index in [-0.39, 0.29) is 17.8 Å². The largest absolute Gasteiger partial charge is 0.383 e. The van der Waals surface area contributed by atoms with E-state index in [1.807, 2.05) is 62.4 Å². The maximum Gasteiger partial charge on any atom is 0.251 e. The van der Waals surface area contributed by atoms with Gasteiger partial charge in [-0.25, -0.2) is 4.39 Å². The van der Waals surface area contributed by atoms with Crippen molar-refractivity contribution in [3.05, 3.63) is 66.0 Å². The Morgan fingerprint density at radius 2 is 1.69 bits per heavy atom. The Hall–Kier alpha value is -2.88. The van der Waals surface area contributed by atoms with E-state index in [4.69, 9.17) is 0 Å². The van der Waals surface area contributed by atoms with E-state index in [0.29, 0.717) is 17.2 Å². The molecule has 1 amide bonds. The molecule has 29 heavy (non-hydrogen) atoms. The minimum Gasteiger partial charge on any atom is -0.383 e. The third-order valence-corrected chi connectivity index (χ3v) is 5.53. The van der Waals surface area contributed by atoms with Gasteiger partial charge in [0.15, 0.2) is 0 Å². The summed E-state index contributed by atoms with van der Waals surface area (Å²) >= 11 is 0. The van der Waals surface area contributed by atoms with E-state index in [0.717, 1.165) is 34.9 Å². The summed E-state index contributed by atoms with van der Waals surface area (Å²) in [6, 6.07) is 17.3. The second-order valence-corrected chi connectivity index (χ2v) is 8.23. The Bertz CT molecular complexity index is 1040. The Kier molecular flexibility index (Phi) is 5.52. The summed E-state index contributed by atoms with van der Waals surface area (Å²) in [5.41, 5.74) is 2.85. The summed E-state index contributed by atoms with van der Waals surface area (Å²) in [5, 5.41) is 8.31. The zero-order chi connectivity index (χ0) is 20.4. The van der Waals surface area contributed by atoms with Gasteiger partial charge in [0, 0.05) is 28.9 Å². The molecule has 0 heterocycles. The van der Waals surface area contributed by atoms with Gasteiger partial charge in [0.25, 0.3) is 5.91 Å². The first-order chi connectivity index (χ1) is 14.0. The van der Waals surface area contributed by atoms with Gasteiger partial charge in [-0.2, -0.15) is 0 Å².